The predicted molar refractivity (Wildman–Crippen MR) is 253 cm³/mol. The number of nitrogens with zero attached hydrogens (tertiary/aromatic N) is 4. The number of carbonyl (C=O) groups excluding carboxylic acids is 6. The first-order valence-corrected chi connectivity index (χ1v) is 23.9. The zero-order valence-electron chi connectivity index (χ0n) is 38.7. The van der Waals surface area contributed by atoms with Crippen molar-refractivity contribution < 1.29 is 38.2 Å². The summed E-state index contributed by atoms with van der Waals surface area (Å²) in [5, 5.41) is 12.1. The minimum Gasteiger partial charge on any atom is -0.453 e. The summed E-state index contributed by atoms with van der Waals surface area (Å²) in [6, 6.07) is 8.00. The fraction of sp³-hybridized carbons (Fsp3) is 0.553. The highest BCUT2D eigenvalue weighted by Gasteiger charge is 2.42. The van der Waals surface area contributed by atoms with Crippen LogP contribution in [-0.2, 0) is 41.5 Å². The molecular formula is C47H64N10O8S. The van der Waals surface area contributed by atoms with Crippen LogP contribution in [0.15, 0.2) is 36.4 Å². The molecule has 7 rings (SSSR count). The molecule has 3 fully saturated rings. The van der Waals surface area contributed by atoms with Gasteiger partial charge in [0.25, 0.3) is 0 Å². The Morgan fingerprint density at radius 3 is 1.53 bits per heavy atom. The van der Waals surface area contributed by atoms with Gasteiger partial charge in [0.05, 0.1) is 54.7 Å². The van der Waals surface area contributed by atoms with Gasteiger partial charge in [-0.2, -0.15) is 0 Å². The summed E-state index contributed by atoms with van der Waals surface area (Å²) in [7, 11) is 2.48. The number of nitrogen functional groups attached to an aromatic ring is 2. The Bertz CT molecular complexity index is 2170. The van der Waals surface area contributed by atoms with Gasteiger partial charge in [-0.3, -0.25) is 19.2 Å². The Labute approximate surface area is 389 Å². The van der Waals surface area contributed by atoms with Crippen LogP contribution in [0.3, 0.4) is 0 Å². The molecule has 1 aliphatic carbocycles. The number of alkyl carbamates (subject to hydrolysis) is 2. The molecule has 19 heteroatoms. The van der Waals surface area contributed by atoms with E-state index in [-0.39, 0.29) is 47.5 Å². The normalized spacial score (nSPS) is 21.3. The van der Waals surface area contributed by atoms with E-state index < -0.39 is 36.4 Å². The molecule has 8 N–H and O–H groups in total. The van der Waals surface area contributed by atoms with Gasteiger partial charge in [0, 0.05) is 18.0 Å². The number of rotatable bonds is 13. The van der Waals surface area contributed by atoms with E-state index in [4.69, 9.17) is 25.9 Å². The average Bonchev–Trinajstić information content (AvgIpc) is 4.14. The minimum absolute atomic E-state index is 0.109. The Hall–Kier alpha value is -6.11. The lowest BCUT2D eigenvalue weighted by atomic mass is 10.0. The smallest absolute Gasteiger partial charge is 0.407 e. The number of fused-ring (bicyclic) bond motifs is 1. The molecule has 3 aliphatic heterocycles. The number of nitrogens with one attached hydrogen (secondary N) is 4. The van der Waals surface area contributed by atoms with E-state index in [2.05, 4.69) is 26.2 Å². The Balaban J connectivity index is 1.08. The molecule has 0 bridgehead atoms. The largest absolute Gasteiger partial charge is 0.453 e. The standard InChI is InChI=1S/C47H64N10O8S/c1-25(2)39(53-46(62)64-5)43(60)55-21-9-12-36(55)41(58)50-31-17-15-27(23-29(31)48)34-19-20-35(57(34)45-52-33-11-7-8-14-38(33)66-45)28-16-18-32(30(49)24-28)51-42(59)37-13-10-22-56(37)44(61)40(26(3)4)54-47(63)65-6/h15-18,23-26,34-37,39-40H,7-14,19-22,48-49H2,1-6H3,(H,50,58)(H,51,59)(H,53,62)(H,54,63)/t34-,35-,36+,37?,39+,40+/m1/s1. The van der Waals surface area contributed by atoms with Gasteiger partial charge in [0.1, 0.15) is 24.2 Å². The van der Waals surface area contributed by atoms with Crippen molar-refractivity contribution in [1.82, 2.24) is 25.4 Å². The van der Waals surface area contributed by atoms with Crippen molar-refractivity contribution in [2.24, 2.45) is 11.8 Å². The number of nitrogens with two attached hydrogens (primary N) is 2. The third-order valence-electron chi connectivity index (χ3n) is 13.3. The van der Waals surface area contributed by atoms with Crippen molar-refractivity contribution in [2.45, 2.75) is 128 Å². The quantitative estimate of drug-likeness (QED) is 0.110. The fourth-order valence-electron chi connectivity index (χ4n) is 9.78. The van der Waals surface area contributed by atoms with Gasteiger partial charge in [-0.1, -0.05) is 39.8 Å². The highest BCUT2D eigenvalue weighted by Crippen LogP contribution is 2.50. The Morgan fingerprint density at radius 1 is 0.667 bits per heavy atom. The van der Waals surface area contributed by atoms with E-state index in [0.29, 0.717) is 61.5 Å². The van der Waals surface area contributed by atoms with Crippen LogP contribution in [0.2, 0.25) is 0 Å². The molecule has 2 aromatic carbocycles. The van der Waals surface area contributed by atoms with Crippen molar-refractivity contribution >= 4 is 75.0 Å². The van der Waals surface area contributed by atoms with Crippen LogP contribution < -0.4 is 37.6 Å². The molecule has 3 saturated heterocycles. The highest BCUT2D eigenvalue weighted by molar-refractivity contribution is 7.15. The first kappa shape index (κ1) is 47.8. The first-order chi connectivity index (χ1) is 31.6. The van der Waals surface area contributed by atoms with E-state index in [9.17, 15) is 28.8 Å². The van der Waals surface area contributed by atoms with Crippen LogP contribution in [0.4, 0.5) is 37.5 Å². The zero-order chi connectivity index (χ0) is 47.4. The maximum absolute atomic E-state index is 13.8. The first-order valence-electron chi connectivity index (χ1n) is 23.1. The molecule has 18 nitrogen and oxygen atoms in total. The molecule has 0 saturated carbocycles. The van der Waals surface area contributed by atoms with Gasteiger partial charge in [-0.25, -0.2) is 14.6 Å². The molecule has 66 heavy (non-hydrogen) atoms. The van der Waals surface area contributed by atoms with Crippen molar-refractivity contribution in [2.75, 3.05) is 54.3 Å². The van der Waals surface area contributed by atoms with Crippen LogP contribution in [-0.4, -0.2) is 102 Å². The van der Waals surface area contributed by atoms with E-state index in [0.717, 1.165) is 60.5 Å². The van der Waals surface area contributed by atoms with Crippen molar-refractivity contribution in [3.63, 3.8) is 0 Å². The number of aromatic nitrogens is 1. The van der Waals surface area contributed by atoms with Crippen LogP contribution >= 0.6 is 11.3 Å². The number of likely N-dealkylation sites (tertiary alicyclic amines) is 2. The van der Waals surface area contributed by atoms with E-state index >= 15 is 0 Å². The van der Waals surface area contributed by atoms with Crippen molar-refractivity contribution in [1.29, 1.82) is 0 Å². The molecule has 4 aliphatic rings. The van der Waals surface area contributed by atoms with Crippen molar-refractivity contribution in [3.05, 3.63) is 58.1 Å². The van der Waals surface area contributed by atoms with E-state index in [1.807, 2.05) is 64.1 Å². The summed E-state index contributed by atoms with van der Waals surface area (Å²) in [6.07, 6.45) is 6.52. The monoisotopic (exact) mass is 928 g/mol. The summed E-state index contributed by atoms with van der Waals surface area (Å²) in [6.45, 7) is 8.08. The second-order valence-corrected chi connectivity index (χ2v) is 19.4. The number of anilines is 5. The molecule has 0 spiro atoms. The molecule has 6 atom stereocenters. The summed E-state index contributed by atoms with van der Waals surface area (Å²) in [5.41, 5.74) is 18.1. The lowest BCUT2D eigenvalue weighted by molar-refractivity contribution is -0.139. The minimum atomic E-state index is -0.846. The van der Waals surface area contributed by atoms with Crippen LogP contribution in [0, 0.1) is 11.8 Å². The van der Waals surface area contributed by atoms with Gasteiger partial charge in [0.15, 0.2) is 5.13 Å². The third kappa shape index (κ3) is 10.1. The maximum atomic E-state index is 13.8. The predicted octanol–water partition coefficient (Wildman–Crippen LogP) is 5.89. The number of thiazole rings is 1. The second kappa shape index (κ2) is 20.6. The Kier molecular flexibility index (Phi) is 14.9. The number of carbonyl (C=O) groups is 6. The van der Waals surface area contributed by atoms with Gasteiger partial charge in [-0.15, -0.1) is 11.3 Å². The SMILES string of the molecule is COC(=O)N[C@H](C(=O)N1CCCC1C(=O)Nc1ccc([C@H]2CC[C@H](c3ccc(NC(=O)[C@@H]4CCCN4C(=O)[C@@H](NC(=O)OC)C(C)C)c(N)c3)N2c2nc3c(s2)CCCC3)cc1N)C(C)C. The molecule has 1 aromatic heterocycles. The summed E-state index contributed by atoms with van der Waals surface area (Å²) < 4.78 is 9.48. The topological polar surface area (TPSA) is 244 Å². The average molecular weight is 929 g/mol. The molecule has 1 unspecified atom stereocenters. The van der Waals surface area contributed by atoms with E-state index in [1.165, 1.54) is 28.9 Å². The number of amides is 6. The summed E-state index contributed by atoms with van der Waals surface area (Å²) in [4.78, 5) is 90.8. The number of hydrogen-bond acceptors (Lipinski definition) is 13. The zero-order valence-corrected chi connectivity index (χ0v) is 39.5. The maximum Gasteiger partial charge on any atom is 0.407 e. The van der Waals surface area contributed by atoms with Gasteiger partial charge >= 0.3 is 12.2 Å². The number of hydrogen-bond donors (Lipinski definition) is 6. The molecule has 4 heterocycles. The highest BCUT2D eigenvalue weighted by atomic mass is 32.1. The number of aryl methyl sites for hydroxylation is 2. The van der Waals surface area contributed by atoms with Gasteiger partial charge in [-0.05, 0) is 111 Å². The molecular weight excluding hydrogens is 865 g/mol. The second-order valence-electron chi connectivity index (χ2n) is 18.4. The Morgan fingerprint density at radius 2 is 1.12 bits per heavy atom. The molecule has 356 valence electrons. The number of methoxy groups -OCH3 is 2. The molecule has 0 radical (unpaired) electrons. The number of benzene rings is 2. The molecule has 6 amide bonds. The van der Waals surface area contributed by atoms with Crippen LogP contribution in [0.5, 0.6) is 0 Å². The summed E-state index contributed by atoms with van der Waals surface area (Å²) >= 11 is 1.72. The fourth-order valence-corrected chi connectivity index (χ4v) is 11.0. The lowest BCUT2D eigenvalue weighted by Crippen LogP contribution is -2.54. The number of ether oxygens (including phenoxy) is 2. The van der Waals surface area contributed by atoms with E-state index in [1.54, 1.807) is 11.3 Å². The molecule has 3 aromatic rings. The lowest BCUT2D eigenvalue weighted by Gasteiger charge is -2.32. The van der Waals surface area contributed by atoms with Crippen molar-refractivity contribution in [3.8, 4) is 0 Å². The summed E-state index contributed by atoms with van der Waals surface area (Å²) in [5.74, 6) is -1.83. The third-order valence-corrected chi connectivity index (χ3v) is 14.5. The van der Waals surface area contributed by atoms with Crippen LogP contribution in [0.1, 0.15) is 113 Å². The van der Waals surface area contributed by atoms with Gasteiger partial charge in [0.2, 0.25) is 23.6 Å². The van der Waals surface area contributed by atoms with Gasteiger partial charge < -0.3 is 56.9 Å². The van der Waals surface area contributed by atoms with Crippen LogP contribution in [0.25, 0.3) is 0 Å².